The van der Waals surface area contributed by atoms with Crippen LogP contribution in [-0.4, -0.2) is 52.9 Å². The van der Waals surface area contributed by atoms with Crippen LogP contribution in [0.1, 0.15) is 27.4 Å². The minimum absolute atomic E-state index is 0.00205. The van der Waals surface area contributed by atoms with Crippen molar-refractivity contribution in [2.75, 3.05) is 24.8 Å². The number of anilines is 1. The van der Waals surface area contributed by atoms with Gasteiger partial charge in [0, 0.05) is 49.2 Å². The largest absolute Gasteiger partial charge is 0.454 e. The summed E-state index contributed by atoms with van der Waals surface area (Å²) in [6.07, 6.45) is 3.28. The smallest absolute Gasteiger partial charge is 0.259 e. The van der Waals surface area contributed by atoms with Crippen LogP contribution in [-0.2, 0) is 6.54 Å². The lowest BCUT2D eigenvalue weighted by Gasteiger charge is -2.59. The molecule has 32 heavy (non-hydrogen) atoms. The molecule has 0 spiro atoms. The Balaban J connectivity index is 1.33. The SMILES string of the molecule is O=C(c1cccnc1)N1C[C@H]2[C@@H](c3ccccc31)[C@H](CO)N2Cc1ccc2c(c1)OCO2. The van der Waals surface area contributed by atoms with Gasteiger partial charge in [-0.15, -0.1) is 0 Å². The number of fused-ring (bicyclic) bond motifs is 4. The summed E-state index contributed by atoms with van der Waals surface area (Å²) in [7, 11) is 0. The van der Waals surface area contributed by atoms with Crippen LogP contribution in [0.2, 0.25) is 0 Å². The lowest BCUT2D eigenvalue weighted by atomic mass is 9.71. The number of aliphatic hydroxyl groups is 1. The molecule has 1 N–H and O–H groups in total. The number of carbonyl (C=O) groups is 1. The maximum Gasteiger partial charge on any atom is 0.259 e. The molecular formula is C25H23N3O4. The van der Waals surface area contributed by atoms with Gasteiger partial charge in [0.2, 0.25) is 6.79 Å². The van der Waals surface area contributed by atoms with Gasteiger partial charge >= 0.3 is 0 Å². The van der Waals surface area contributed by atoms with Gasteiger partial charge in [0.25, 0.3) is 5.91 Å². The number of benzene rings is 2. The molecule has 1 fully saturated rings. The van der Waals surface area contributed by atoms with Gasteiger partial charge in [-0.3, -0.25) is 14.7 Å². The summed E-state index contributed by atoms with van der Waals surface area (Å²) in [4.78, 5) is 21.6. The molecule has 162 valence electrons. The molecule has 3 atom stereocenters. The number of aromatic nitrogens is 1. The molecule has 7 nitrogen and oxygen atoms in total. The summed E-state index contributed by atoms with van der Waals surface area (Å²) in [5.74, 6) is 1.64. The number of nitrogens with zero attached hydrogens (tertiary/aromatic N) is 3. The van der Waals surface area contributed by atoms with Gasteiger partial charge in [-0.05, 0) is 41.5 Å². The van der Waals surface area contributed by atoms with Gasteiger partial charge in [-0.2, -0.15) is 0 Å². The van der Waals surface area contributed by atoms with E-state index in [1.807, 2.05) is 41.3 Å². The minimum Gasteiger partial charge on any atom is -0.454 e. The predicted molar refractivity (Wildman–Crippen MR) is 118 cm³/mol. The van der Waals surface area contributed by atoms with Crippen LogP contribution in [0.3, 0.4) is 0 Å². The second kappa shape index (κ2) is 7.62. The molecule has 1 amide bonds. The van der Waals surface area contributed by atoms with Crippen molar-refractivity contribution < 1.29 is 19.4 Å². The number of hydrogen-bond acceptors (Lipinski definition) is 6. The molecule has 3 aromatic rings. The number of amides is 1. The summed E-state index contributed by atoms with van der Waals surface area (Å²) >= 11 is 0. The van der Waals surface area contributed by atoms with Gasteiger partial charge in [0.15, 0.2) is 11.5 Å². The van der Waals surface area contributed by atoms with Crippen molar-refractivity contribution in [2.45, 2.75) is 24.5 Å². The third-order valence-corrected chi connectivity index (χ3v) is 6.78. The van der Waals surface area contributed by atoms with Gasteiger partial charge in [-0.25, -0.2) is 0 Å². The highest BCUT2D eigenvalue weighted by molar-refractivity contribution is 6.06. The number of carbonyl (C=O) groups excluding carboxylic acids is 1. The average Bonchev–Trinajstić information content (AvgIpc) is 3.30. The third-order valence-electron chi connectivity index (χ3n) is 6.78. The summed E-state index contributed by atoms with van der Waals surface area (Å²) in [5, 5.41) is 10.2. The van der Waals surface area contributed by atoms with Crippen molar-refractivity contribution in [1.29, 1.82) is 0 Å². The van der Waals surface area contributed by atoms with Crippen molar-refractivity contribution >= 4 is 11.6 Å². The number of hydrogen-bond donors (Lipinski definition) is 1. The number of likely N-dealkylation sites (tertiary alicyclic amines) is 1. The quantitative estimate of drug-likeness (QED) is 0.688. The van der Waals surface area contributed by atoms with E-state index in [1.54, 1.807) is 24.5 Å². The number of aliphatic hydroxyl groups excluding tert-OH is 1. The van der Waals surface area contributed by atoms with Crippen molar-refractivity contribution in [3.63, 3.8) is 0 Å². The van der Waals surface area contributed by atoms with E-state index in [9.17, 15) is 9.90 Å². The third kappa shape index (κ3) is 2.97. The number of para-hydroxylation sites is 1. The topological polar surface area (TPSA) is 75.1 Å². The number of ether oxygens (including phenoxy) is 2. The Kier molecular flexibility index (Phi) is 4.59. The Bertz CT molecular complexity index is 1170. The fraction of sp³-hybridized carbons (Fsp3) is 0.280. The first-order chi connectivity index (χ1) is 15.7. The molecule has 0 saturated carbocycles. The predicted octanol–water partition coefficient (Wildman–Crippen LogP) is 2.80. The standard InChI is InChI=1S/C25H23N3O4/c29-14-21-24-18-5-1-2-6-19(18)28(25(30)17-4-3-9-26-11-17)13-20(24)27(21)12-16-7-8-22-23(10-16)32-15-31-22/h1-11,20-21,24,29H,12-15H2/t20-,21-,24+/m0/s1. The number of pyridine rings is 1. The second-order valence-corrected chi connectivity index (χ2v) is 8.42. The Morgan fingerprint density at radius 1 is 1.09 bits per heavy atom. The van der Waals surface area contributed by atoms with E-state index in [-0.39, 0.29) is 37.3 Å². The van der Waals surface area contributed by atoms with E-state index in [1.165, 1.54) is 0 Å². The van der Waals surface area contributed by atoms with Gasteiger partial charge in [0.1, 0.15) is 0 Å². The zero-order chi connectivity index (χ0) is 21.7. The molecule has 0 bridgehead atoms. The van der Waals surface area contributed by atoms with Crippen LogP contribution in [0.4, 0.5) is 5.69 Å². The summed E-state index contributed by atoms with van der Waals surface area (Å²) in [5.41, 5.74) is 3.70. The van der Waals surface area contributed by atoms with Crippen molar-refractivity contribution in [3.8, 4) is 11.5 Å². The molecule has 6 rings (SSSR count). The van der Waals surface area contributed by atoms with E-state index in [0.717, 1.165) is 28.3 Å². The molecule has 3 aliphatic rings. The molecule has 0 radical (unpaired) electrons. The van der Waals surface area contributed by atoms with E-state index >= 15 is 0 Å². The van der Waals surface area contributed by atoms with Crippen molar-refractivity contribution in [2.24, 2.45) is 0 Å². The van der Waals surface area contributed by atoms with Crippen LogP contribution in [0.15, 0.2) is 67.0 Å². The Labute approximate surface area is 185 Å². The zero-order valence-electron chi connectivity index (χ0n) is 17.4. The molecule has 3 aliphatic heterocycles. The van der Waals surface area contributed by atoms with E-state index in [4.69, 9.17) is 9.47 Å². The summed E-state index contributed by atoms with van der Waals surface area (Å²) in [6.45, 7) is 1.54. The fourth-order valence-electron chi connectivity index (χ4n) is 5.29. The first-order valence-electron chi connectivity index (χ1n) is 10.8. The fourth-order valence-corrected chi connectivity index (χ4v) is 5.29. The van der Waals surface area contributed by atoms with Crippen LogP contribution in [0, 0.1) is 0 Å². The molecule has 1 aromatic heterocycles. The Morgan fingerprint density at radius 2 is 1.97 bits per heavy atom. The van der Waals surface area contributed by atoms with Gasteiger partial charge in [0.05, 0.1) is 12.2 Å². The lowest BCUT2D eigenvalue weighted by molar-refractivity contribution is -0.0488. The molecule has 0 aliphatic carbocycles. The maximum absolute atomic E-state index is 13.4. The van der Waals surface area contributed by atoms with Gasteiger partial charge < -0.3 is 19.5 Å². The Morgan fingerprint density at radius 3 is 2.81 bits per heavy atom. The van der Waals surface area contributed by atoms with Gasteiger partial charge in [-0.1, -0.05) is 24.3 Å². The monoisotopic (exact) mass is 429 g/mol. The molecular weight excluding hydrogens is 406 g/mol. The first kappa shape index (κ1) is 19.3. The molecule has 4 heterocycles. The minimum atomic E-state index is -0.0560. The van der Waals surface area contributed by atoms with Crippen molar-refractivity contribution in [3.05, 3.63) is 83.7 Å². The zero-order valence-corrected chi connectivity index (χ0v) is 17.4. The van der Waals surface area contributed by atoms with Crippen LogP contribution in [0.25, 0.3) is 0 Å². The van der Waals surface area contributed by atoms with Crippen LogP contribution in [0.5, 0.6) is 11.5 Å². The number of rotatable bonds is 4. The molecule has 1 saturated heterocycles. The van der Waals surface area contributed by atoms with Crippen LogP contribution >= 0.6 is 0 Å². The van der Waals surface area contributed by atoms with E-state index in [0.29, 0.717) is 18.7 Å². The summed E-state index contributed by atoms with van der Waals surface area (Å²) < 4.78 is 11.0. The highest BCUT2D eigenvalue weighted by Gasteiger charge is 2.53. The second-order valence-electron chi connectivity index (χ2n) is 8.42. The molecule has 7 heteroatoms. The Hall–Kier alpha value is -3.42. The van der Waals surface area contributed by atoms with Crippen molar-refractivity contribution in [1.82, 2.24) is 9.88 Å². The summed E-state index contributed by atoms with van der Waals surface area (Å²) in [6, 6.07) is 17.7. The average molecular weight is 429 g/mol. The highest BCUT2D eigenvalue weighted by Crippen LogP contribution is 2.49. The normalized spacial score (nSPS) is 23.3. The van der Waals surface area contributed by atoms with Crippen LogP contribution < -0.4 is 14.4 Å². The lowest BCUT2D eigenvalue weighted by Crippen LogP contribution is -2.68. The van der Waals surface area contributed by atoms with E-state index in [2.05, 4.69) is 16.0 Å². The highest BCUT2D eigenvalue weighted by atomic mass is 16.7. The maximum atomic E-state index is 13.4. The molecule has 0 unspecified atom stereocenters. The molecule has 2 aromatic carbocycles. The first-order valence-corrected chi connectivity index (χ1v) is 10.8. The van der Waals surface area contributed by atoms with E-state index < -0.39 is 0 Å².